The summed E-state index contributed by atoms with van der Waals surface area (Å²) in [4.78, 5) is 38.0. The molecule has 6 nitrogen and oxygen atoms in total. The molecule has 1 fully saturated rings. The highest BCUT2D eigenvalue weighted by molar-refractivity contribution is 6.08. The average molecular weight is 288 g/mol. The molecule has 3 rings (SSSR count). The first kappa shape index (κ1) is 13.6. The molecule has 0 atom stereocenters. The van der Waals surface area contributed by atoms with E-state index in [0.29, 0.717) is 25.9 Å². The first-order valence-electron chi connectivity index (χ1n) is 6.85. The van der Waals surface area contributed by atoms with Gasteiger partial charge in [0.15, 0.2) is 0 Å². The number of carbonyl (C=O) groups excluding carboxylic acids is 2. The van der Waals surface area contributed by atoms with E-state index in [1.54, 1.807) is 29.0 Å². The lowest BCUT2D eigenvalue weighted by molar-refractivity contribution is -0.127. The normalized spacial score (nSPS) is 19.8. The molecule has 0 aliphatic carbocycles. The summed E-state index contributed by atoms with van der Waals surface area (Å²) in [5, 5.41) is 9.16. The van der Waals surface area contributed by atoms with Gasteiger partial charge in [0, 0.05) is 25.8 Å². The average Bonchev–Trinajstić information content (AvgIpc) is 2.70. The van der Waals surface area contributed by atoms with Gasteiger partial charge in [-0.15, -0.1) is 0 Å². The highest BCUT2D eigenvalue weighted by atomic mass is 16.4. The Morgan fingerprint density at radius 3 is 2.57 bits per heavy atom. The molecular formula is C15H16N2O4. The minimum atomic E-state index is -1.000. The van der Waals surface area contributed by atoms with Crippen molar-refractivity contribution in [2.75, 3.05) is 25.0 Å². The molecule has 2 aliphatic rings. The molecule has 0 unspecified atom stereocenters. The summed E-state index contributed by atoms with van der Waals surface area (Å²) in [6.45, 7) is 1.03. The molecule has 0 bridgehead atoms. The lowest BCUT2D eigenvalue weighted by atomic mass is 9.73. The quantitative estimate of drug-likeness (QED) is 0.818. The Labute approximate surface area is 122 Å². The molecular weight excluding hydrogens is 272 g/mol. The summed E-state index contributed by atoms with van der Waals surface area (Å²) >= 11 is 0. The molecule has 1 N–H and O–H groups in total. The molecule has 6 heteroatoms. The van der Waals surface area contributed by atoms with Crippen LogP contribution in [0.4, 0.5) is 5.69 Å². The lowest BCUT2D eigenvalue weighted by Gasteiger charge is -2.36. The smallest absolute Gasteiger partial charge is 0.335 e. The molecule has 1 spiro atoms. The second-order valence-electron chi connectivity index (χ2n) is 5.62. The van der Waals surface area contributed by atoms with Gasteiger partial charge in [-0.25, -0.2) is 4.79 Å². The molecule has 0 saturated carbocycles. The molecule has 1 saturated heterocycles. The van der Waals surface area contributed by atoms with Gasteiger partial charge in [0.2, 0.25) is 12.3 Å². The largest absolute Gasteiger partial charge is 0.478 e. The van der Waals surface area contributed by atoms with Crippen LogP contribution in [-0.2, 0) is 15.0 Å². The number of hydrogen-bond acceptors (Lipinski definition) is 3. The van der Waals surface area contributed by atoms with Crippen LogP contribution in [0.3, 0.4) is 0 Å². The fourth-order valence-corrected chi connectivity index (χ4v) is 3.38. The predicted molar refractivity (Wildman–Crippen MR) is 75.4 cm³/mol. The number of benzene rings is 1. The predicted octanol–water partition coefficient (Wildman–Crippen LogP) is 0.851. The van der Waals surface area contributed by atoms with E-state index in [4.69, 9.17) is 5.11 Å². The van der Waals surface area contributed by atoms with E-state index < -0.39 is 11.4 Å². The zero-order chi connectivity index (χ0) is 15.2. The van der Waals surface area contributed by atoms with Crippen LogP contribution in [0.25, 0.3) is 0 Å². The van der Waals surface area contributed by atoms with Crippen molar-refractivity contribution in [2.24, 2.45) is 0 Å². The number of hydrogen-bond donors (Lipinski definition) is 1. The van der Waals surface area contributed by atoms with E-state index in [0.717, 1.165) is 17.7 Å². The Balaban J connectivity index is 2.08. The number of rotatable bonds is 2. The van der Waals surface area contributed by atoms with Gasteiger partial charge < -0.3 is 14.9 Å². The van der Waals surface area contributed by atoms with Crippen LogP contribution in [0.15, 0.2) is 18.2 Å². The van der Waals surface area contributed by atoms with Crippen LogP contribution < -0.4 is 4.90 Å². The van der Waals surface area contributed by atoms with Gasteiger partial charge >= 0.3 is 5.97 Å². The van der Waals surface area contributed by atoms with Gasteiger partial charge in [0.1, 0.15) is 0 Å². The zero-order valence-electron chi connectivity index (χ0n) is 11.7. The van der Waals surface area contributed by atoms with Crippen molar-refractivity contribution < 1.29 is 19.5 Å². The highest BCUT2D eigenvalue weighted by Gasteiger charge is 2.51. The van der Waals surface area contributed by atoms with E-state index in [1.165, 1.54) is 6.07 Å². The fourth-order valence-electron chi connectivity index (χ4n) is 3.38. The first-order valence-corrected chi connectivity index (χ1v) is 6.85. The third-order valence-electron chi connectivity index (χ3n) is 4.64. The van der Waals surface area contributed by atoms with Crippen LogP contribution in [0.2, 0.25) is 0 Å². The Kier molecular flexibility index (Phi) is 2.97. The Hall–Kier alpha value is -2.37. The topological polar surface area (TPSA) is 77.9 Å². The second-order valence-corrected chi connectivity index (χ2v) is 5.62. The number of likely N-dealkylation sites (N-methyl/N-ethyl adjacent to an activating group) is 1. The number of piperidine rings is 1. The van der Waals surface area contributed by atoms with Crippen molar-refractivity contribution in [3.8, 4) is 0 Å². The summed E-state index contributed by atoms with van der Waals surface area (Å²) in [6.07, 6.45) is 1.86. The maximum Gasteiger partial charge on any atom is 0.335 e. The van der Waals surface area contributed by atoms with Gasteiger partial charge in [-0.05, 0) is 36.6 Å². The molecule has 0 radical (unpaired) electrons. The van der Waals surface area contributed by atoms with Gasteiger partial charge in [-0.1, -0.05) is 0 Å². The monoisotopic (exact) mass is 288 g/mol. The summed E-state index contributed by atoms with van der Waals surface area (Å²) in [5.74, 6) is -1.01. The maximum absolute atomic E-state index is 12.7. The van der Waals surface area contributed by atoms with E-state index in [9.17, 15) is 14.4 Å². The number of amides is 2. The van der Waals surface area contributed by atoms with Crippen LogP contribution in [0.1, 0.15) is 28.8 Å². The summed E-state index contributed by atoms with van der Waals surface area (Å²) in [7, 11) is 1.71. The van der Waals surface area contributed by atoms with Crippen molar-refractivity contribution in [1.29, 1.82) is 0 Å². The number of carboxylic acid groups (broad SMARTS) is 1. The minimum Gasteiger partial charge on any atom is -0.478 e. The highest BCUT2D eigenvalue weighted by Crippen LogP contribution is 2.47. The third kappa shape index (κ3) is 1.82. The second kappa shape index (κ2) is 4.58. The fraction of sp³-hybridized carbons (Fsp3) is 0.400. The lowest BCUT2D eigenvalue weighted by Crippen LogP contribution is -2.47. The molecule has 2 amide bonds. The number of fused-ring (bicyclic) bond motifs is 2. The van der Waals surface area contributed by atoms with Crippen molar-refractivity contribution >= 4 is 24.0 Å². The van der Waals surface area contributed by atoms with Gasteiger partial charge in [-0.3, -0.25) is 9.59 Å². The third-order valence-corrected chi connectivity index (χ3v) is 4.64. The molecule has 0 aromatic heterocycles. The maximum atomic E-state index is 12.7. The van der Waals surface area contributed by atoms with Crippen molar-refractivity contribution in [2.45, 2.75) is 18.3 Å². The number of anilines is 1. The Bertz CT molecular complexity index is 633. The molecule has 2 heterocycles. The van der Waals surface area contributed by atoms with Gasteiger partial charge in [-0.2, -0.15) is 0 Å². The van der Waals surface area contributed by atoms with Crippen LogP contribution >= 0.6 is 0 Å². The number of nitrogens with zero attached hydrogens (tertiary/aromatic N) is 2. The van der Waals surface area contributed by atoms with Crippen molar-refractivity contribution in [3.05, 3.63) is 29.3 Å². The molecule has 1 aromatic carbocycles. The number of carboxylic acids is 1. The van der Waals surface area contributed by atoms with Crippen LogP contribution in [0.5, 0.6) is 0 Å². The number of aromatic carboxylic acids is 1. The van der Waals surface area contributed by atoms with E-state index in [2.05, 4.69) is 0 Å². The molecule has 21 heavy (non-hydrogen) atoms. The SMILES string of the molecule is CN1C(=O)C2(CCN(C=O)CC2)c2cc(C(=O)O)ccc21. The van der Waals surface area contributed by atoms with Crippen molar-refractivity contribution in [1.82, 2.24) is 4.90 Å². The molecule has 2 aliphatic heterocycles. The number of likely N-dealkylation sites (tertiary alicyclic amines) is 1. The van der Waals surface area contributed by atoms with Crippen molar-refractivity contribution in [3.63, 3.8) is 0 Å². The summed E-state index contributed by atoms with van der Waals surface area (Å²) < 4.78 is 0. The first-order chi connectivity index (χ1) is 9.99. The Morgan fingerprint density at radius 1 is 1.33 bits per heavy atom. The van der Waals surface area contributed by atoms with Crippen LogP contribution in [-0.4, -0.2) is 48.4 Å². The van der Waals surface area contributed by atoms with E-state index >= 15 is 0 Å². The summed E-state index contributed by atoms with van der Waals surface area (Å²) in [5.41, 5.74) is 1.05. The van der Waals surface area contributed by atoms with Gasteiger partial charge in [0.25, 0.3) is 0 Å². The minimum absolute atomic E-state index is 0.00872. The number of carbonyl (C=O) groups is 3. The van der Waals surface area contributed by atoms with Crippen LogP contribution in [0, 0.1) is 0 Å². The standard InChI is InChI=1S/C15H16N2O4/c1-16-12-3-2-10(13(19)20)8-11(12)15(14(16)21)4-6-17(9-18)7-5-15/h2-3,8-9H,4-7H2,1H3,(H,19,20). The zero-order valence-corrected chi connectivity index (χ0v) is 11.7. The van der Waals surface area contributed by atoms with E-state index in [-0.39, 0.29) is 11.5 Å². The molecule has 1 aromatic rings. The molecule has 110 valence electrons. The van der Waals surface area contributed by atoms with E-state index in [1.807, 2.05) is 0 Å². The summed E-state index contributed by atoms with van der Waals surface area (Å²) in [6, 6.07) is 4.82. The van der Waals surface area contributed by atoms with Gasteiger partial charge in [0.05, 0.1) is 11.0 Å². The Morgan fingerprint density at radius 2 is 2.00 bits per heavy atom.